The van der Waals surface area contributed by atoms with Gasteiger partial charge in [0.2, 0.25) is 5.95 Å². The molecule has 0 spiro atoms. The number of morpholine rings is 1. The number of aryl methyl sites for hydroxylation is 2. The van der Waals surface area contributed by atoms with Crippen molar-refractivity contribution in [3.8, 4) is 0 Å². The van der Waals surface area contributed by atoms with E-state index in [4.69, 9.17) is 4.74 Å². The third kappa shape index (κ3) is 3.64. The maximum absolute atomic E-state index is 5.37. The molecule has 19 heavy (non-hydrogen) atoms. The monoisotopic (exact) mass is 264 g/mol. The van der Waals surface area contributed by atoms with Crippen LogP contribution in [-0.4, -0.2) is 49.4 Å². The van der Waals surface area contributed by atoms with Gasteiger partial charge in [0.1, 0.15) is 0 Å². The minimum absolute atomic E-state index is 0.767. The van der Waals surface area contributed by atoms with Crippen molar-refractivity contribution in [1.29, 1.82) is 0 Å². The quantitative estimate of drug-likeness (QED) is 0.807. The number of hydrogen-bond donors (Lipinski definition) is 1. The summed E-state index contributed by atoms with van der Waals surface area (Å²) in [5.41, 5.74) is 3.48. The van der Waals surface area contributed by atoms with Gasteiger partial charge >= 0.3 is 0 Å². The van der Waals surface area contributed by atoms with Crippen LogP contribution in [0.5, 0.6) is 0 Å². The molecule has 1 aromatic rings. The summed E-state index contributed by atoms with van der Waals surface area (Å²) in [5, 5.41) is 3.35. The van der Waals surface area contributed by atoms with Gasteiger partial charge in [-0.3, -0.25) is 0 Å². The molecule has 0 atom stereocenters. The van der Waals surface area contributed by atoms with Crippen LogP contribution in [0.1, 0.15) is 23.9 Å². The number of nitrogens with one attached hydrogen (secondary N) is 1. The molecule has 1 aliphatic heterocycles. The summed E-state index contributed by atoms with van der Waals surface area (Å²) >= 11 is 0. The van der Waals surface area contributed by atoms with Crippen molar-refractivity contribution in [1.82, 2.24) is 15.3 Å². The average Bonchev–Trinajstić information content (AvgIpc) is 2.43. The van der Waals surface area contributed by atoms with Crippen LogP contribution in [0.4, 0.5) is 5.95 Å². The van der Waals surface area contributed by atoms with Crippen molar-refractivity contribution in [2.45, 2.75) is 27.2 Å². The van der Waals surface area contributed by atoms with Crippen molar-refractivity contribution in [2.24, 2.45) is 0 Å². The van der Waals surface area contributed by atoms with Crippen LogP contribution in [0, 0.1) is 13.8 Å². The molecular weight excluding hydrogens is 240 g/mol. The second-order valence-electron chi connectivity index (χ2n) is 4.88. The first kappa shape index (κ1) is 14.2. The van der Waals surface area contributed by atoms with Gasteiger partial charge in [0.05, 0.1) is 13.2 Å². The summed E-state index contributed by atoms with van der Waals surface area (Å²) in [5.74, 6) is 0.852. The Morgan fingerprint density at radius 2 is 1.79 bits per heavy atom. The molecule has 0 radical (unpaired) electrons. The van der Waals surface area contributed by atoms with Gasteiger partial charge in [0.25, 0.3) is 0 Å². The zero-order valence-corrected chi connectivity index (χ0v) is 12.2. The van der Waals surface area contributed by atoms with Gasteiger partial charge in [-0.25, -0.2) is 9.97 Å². The van der Waals surface area contributed by atoms with E-state index in [1.165, 1.54) is 5.56 Å². The van der Waals surface area contributed by atoms with E-state index in [0.717, 1.165) is 63.1 Å². The minimum atomic E-state index is 0.767. The van der Waals surface area contributed by atoms with Crippen LogP contribution in [0.2, 0.25) is 0 Å². The van der Waals surface area contributed by atoms with Gasteiger partial charge in [-0.2, -0.15) is 0 Å². The van der Waals surface area contributed by atoms with Crippen LogP contribution in [0.15, 0.2) is 0 Å². The van der Waals surface area contributed by atoms with Crippen molar-refractivity contribution in [3.63, 3.8) is 0 Å². The van der Waals surface area contributed by atoms with E-state index in [0.29, 0.717) is 0 Å². The van der Waals surface area contributed by atoms with E-state index in [2.05, 4.69) is 41.0 Å². The lowest BCUT2D eigenvalue weighted by Gasteiger charge is -2.27. The minimum Gasteiger partial charge on any atom is -0.378 e. The highest BCUT2D eigenvalue weighted by molar-refractivity contribution is 5.37. The molecule has 0 aliphatic carbocycles. The second kappa shape index (κ2) is 6.82. The van der Waals surface area contributed by atoms with E-state index in [1.807, 2.05) is 0 Å². The number of aromatic nitrogens is 2. The topological polar surface area (TPSA) is 50.3 Å². The average molecular weight is 264 g/mol. The number of likely N-dealkylation sites (N-methyl/N-ethyl adjacent to an activating group) is 1. The van der Waals surface area contributed by atoms with Gasteiger partial charge in [-0.1, -0.05) is 6.92 Å². The lowest BCUT2D eigenvalue weighted by atomic mass is 10.1. The highest BCUT2D eigenvalue weighted by Crippen LogP contribution is 2.16. The Hall–Kier alpha value is -1.20. The Labute approximate surface area is 115 Å². The summed E-state index contributed by atoms with van der Waals surface area (Å²) in [4.78, 5) is 11.5. The lowest BCUT2D eigenvalue weighted by Crippen LogP contribution is -2.37. The molecule has 2 heterocycles. The Balaban J connectivity index is 2.11. The first-order chi connectivity index (χ1) is 9.22. The molecule has 0 saturated carbocycles. The van der Waals surface area contributed by atoms with Gasteiger partial charge in [-0.15, -0.1) is 0 Å². The summed E-state index contributed by atoms with van der Waals surface area (Å²) in [7, 11) is 0. The summed E-state index contributed by atoms with van der Waals surface area (Å²) in [6.07, 6.45) is 0.995. The SMILES string of the molecule is CCNCCc1c(C)nc(N2CCOCC2)nc1C. The van der Waals surface area contributed by atoms with E-state index < -0.39 is 0 Å². The molecule has 5 heteroatoms. The zero-order valence-electron chi connectivity index (χ0n) is 12.2. The van der Waals surface area contributed by atoms with E-state index in [1.54, 1.807) is 0 Å². The maximum Gasteiger partial charge on any atom is 0.225 e. The van der Waals surface area contributed by atoms with Crippen LogP contribution in [-0.2, 0) is 11.2 Å². The second-order valence-corrected chi connectivity index (χ2v) is 4.88. The molecule has 2 rings (SSSR count). The summed E-state index contributed by atoms with van der Waals surface area (Å²) in [6, 6.07) is 0. The smallest absolute Gasteiger partial charge is 0.225 e. The Kier molecular flexibility index (Phi) is 5.10. The number of anilines is 1. The van der Waals surface area contributed by atoms with Gasteiger partial charge in [0.15, 0.2) is 0 Å². The highest BCUT2D eigenvalue weighted by atomic mass is 16.5. The van der Waals surface area contributed by atoms with Gasteiger partial charge < -0.3 is 15.0 Å². The van der Waals surface area contributed by atoms with Crippen LogP contribution in [0.3, 0.4) is 0 Å². The van der Waals surface area contributed by atoms with Crippen LogP contribution >= 0.6 is 0 Å². The van der Waals surface area contributed by atoms with Gasteiger partial charge in [0, 0.05) is 24.5 Å². The van der Waals surface area contributed by atoms with E-state index in [9.17, 15) is 0 Å². The van der Waals surface area contributed by atoms with Crippen LogP contribution < -0.4 is 10.2 Å². The van der Waals surface area contributed by atoms with E-state index >= 15 is 0 Å². The number of ether oxygens (including phenoxy) is 1. The number of hydrogen-bond acceptors (Lipinski definition) is 5. The highest BCUT2D eigenvalue weighted by Gasteiger charge is 2.16. The molecule has 1 N–H and O–H groups in total. The van der Waals surface area contributed by atoms with Crippen molar-refractivity contribution < 1.29 is 4.74 Å². The Morgan fingerprint density at radius 3 is 2.37 bits per heavy atom. The predicted octanol–water partition coefficient (Wildman–Crippen LogP) is 1.08. The molecular formula is C14H24N4O. The number of nitrogens with zero attached hydrogens (tertiary/aromatic N) is 3. The van der Waals surface area contributed by atoms with Crippen molar-refractivity contribution >= 4 is 5.95 Å². The molecule has 1 aliphatic rings. The first-order valence-corrected chi connectivity index (χ1v) is 7.10. The normalized spacial score (nSPS) is 15.8. The molecule has 1 aromatic heterocycles. The maximum atomic E-state index is 5.37. The molecule has 0 unspecified atom stereocenters. The standard InChI is InChI=1S/C14H24N4O/c1-4-15-6-5-13-11(2)16-14(17-12(13)3)18-7-9-19-10-8-18/h15H,4-10H2,1-3H3. The molecule has 1 saturated heterocycles. The Bertz CT molecular complexity index is 393. The zero-order chi connectivity index (χ0) is 13.7. The molecule has 106 valence electrons. The van der Waals surface area contributed by atoms with Crippen molar-refractivity contribution in [3.05, 3.63) is 17.0 Å². The first-order valence-electron chi connectivity index (χ1n) is 7.10. The molecule has 0 bridgehead atoms. The number of rotatable bonds is 5. The molecule has 1 fully saturated rings. The predicted molar refractivity (Wildman–Crippen MR) is 76.8 cm³/mol. The third-order valence-corrected chi connectivity index (χ3v) is 3.50. The fraction of sp³-hybridized carbons (Fsp3) is 0.714. The lowest BCUT2D eigenvalue weighted by molar-refractivity contribution is 0.122. The summed E-state index contributed by atoms with van der Waals surface area (Å²) < 4.78 is 5.37. The van der Waals surface area contributed by atoms with E-state index in [-0.39, 0.29) is 0 Å². The Morgan fingerprint density at radius 1 is 1.16 bits per heavy atom. The summed E-state index contributed by atoms with van der Waals surface area (Å²) in [6.45, 7) is 11.6. The molecule has 5 nitrogen and oxygen atoms in total. The molecule has 0 aromatic carbocycles. The fourth-order valence-corrected chi connectivity index (χ4v) is 2.38. The molecule has 0 amide bonds. The third-order valence-electron chi connectivity index (χ3n) is 3.50. The largest absolute Gasteiger partial charge is 0.378 e. The van der Waals surface area contributed by atoms with Crippen LogP contribution in [0.25, 0.3) is 0 Å². The van der Waals surface area contributed by atoms with Gasteiger partial charge in [-0.05, 0) is 38.9 Å². The van der Waals surface area contributed by atoms with Crippen molar-refractivity contribution in [2.75, 3.05) is 44.3 Å². The fourth-order valence-electron chi connectivity index (χ4n) is 2.38.